The van der Waals surface area contributed by atoms with E-state index in [2.05, 4.69) is 27.6 Å². The van der Waals surface area contributed by atoms with Crippen LogP contribution in [-0.4, -0.2) is 23.2 Å². The number of pyridine rings is 1. The van der Waals surface area contributed by atoms with Crippen molar-refractivity contribution in [3.63, 3.8) is 0 Å². The van der Waals surface area contributed by atoms with Gasteiger partial charge in [0, 0.05) is 8.96 Å². The minimum absolute atomic E-state index is 0.0243. The highest BCUT2D eigenvalue weighted by Crippen LogP contribution is 2.32. The van der Waals surface area contributed by atoms with Crippen LogP contribution in [0, 0.1) is 3.57 Å². The van der Waals surface area contributed by atoms with Gasteiger partial charge in [0.1, 0.15) is 5.56 Å². The van der Waals surface area contributed by atoms with Gasteiger partial charge in [-0.3, -0.25) is 0 Å². The Labute approximate surface area is 116 Å². The average Bonchev–Trinajstić information content (AvgIpc) is 2.29. The molecule has 0 aliphatic rings. The summed E-state index contributed by atoms with van der Waals surface area (Å²) in [6.45, 7) is 0. The largest absolute Gasteiger partial charge is 0.480 e. The third-order valence-corrected chi connectivity index (χ3v) is 3.32. The molecular weight excluding hydrogens is 356 g/mol. The van der Waals surface area contributed by atoms with Crippen LogP contribution in [0.4, 0.5) is 0 Å². The summed E-state index contributed by atoms with van der Waals surface area (Å²) >= 11 is 8.21. The fourth-order valence-electron chi connectivity index (χ4n) is 1.51. The summed E-state index contributed by atoms with van der Waals surface area (Å²) < 4.78 is 5.91. The van der Waals surface area contributed by atoms with Gasteiger partial charge in [-0.15, -0.1) is 0 Å². The van der Waals surface area contributed by atoms with E-state index in [1.165, 1.54) is 7.11 Å². The molecule has 88 valence electrons. The first-order chi connectivity index (χ1) is 8.04. The van der Waals surface area contributed by atoms with Gasteiger partial charge in [-0.25, -0.2) is 9.78 Å². The number of methoxy groups -OCH3 is 1. The van der Waals surface area contributed by atoms with Gasteiger partial charge < -0.3 is 9.84 Å². The zero-order chi connectivity index (χ0) is 12.6. The normalized spacial score (nSPS) is 10.5. The number of halogens is 2. The number of benzene rings is 1. The Morgan fingerprint density at radius 1 is 1.53 bits per heavy atom. The number of hydrogen-bond acceptors (Lipinski definition) is 3. The molecule has 0 unspecified atom stereocenters. The first-order valence-corrected chi connectivity index (χ1v) is 6.06. The second-order valence-electron chi connectivity index (χ2n) is 3.28. The van der Waals surface area contributed by atoms with E-state index in [1.807, 2.05) is 6.07 Å². The molecule has 1 N–H and O–H groups in total. The quantitative estimate of drug-likeness (QED) is 0.833. The lowest BCUT2D eigenvalue weighted by Gasteiger charge is -2.09. The van der Waals surface area contributed by atoms with Crippen LogP contribution in [0.3, 0.4) is 0 Å². The summed E-state index contributed by atoms with van der Waals surface area (Å²) in [5.41, 5.74) is 0.501. The Hall–Kier alpha value is -1.08. The van der Waals surface area contributed by atoms with Gasteiger partial charge >= 0.3 is 5.97 Å². The summed E-state index contributed by atoms with van der Waals surface area (Å²) in [4.78, 5) is 15.2. The molecule has 0 aliphatic heterocycles. The van der Waals surface area contributed by atoms with Crippen molar-refractivity contribution in [2.24, 2.45) is 0 Å². The number of carbonyl (C=O) groups is 1. The molecule has 0 radical (unpaired) electrons. The number of aromatic nitrogens is 1. The highest BCUT2D eigenvalue weighted by molar-refractivity contribution is 14.1. The number of ether oxygens (including phenoxy) is 1. The Morgan fingerprint density at radius 2 is 2.24 bits per heavy atom. The first kappa shape index (κ1) is 12.4. The molecule has 6 heteroatoms. The standard InChI is InChI=1S/C11H7ClINO3/c1-17-10-8(11(15)16)9(12)6-4-5(13)2-3-7(6)14-10/h2-4H,1H3,(H,15,16). The monoisotopic (exact) mass is 363 g/mol. The summed E-state index contributed by atoms with van der Waals surface area (Å²) in [7, 11) is 1.36. The van der Waals surface area contributed by atoms with Gasteiger partial charge in [0.15, 0.2) is 0 Å². The molecule has 1 heterocycles. The van der Waals surface area contributed by atoms with Crippen LogP contribution in [0.15, 0.2) is 18.2 Å². The Balaban J connectivity index is 2.88. The highest BCUT2D eigenvalue weighted by Gasteiger charge is 2.20. The van der Waals surface area contributed by atoms with Crippen molar-refractivity contribution < 1.29 is 14.6 Å². The maximum Gasteiger partial charge on any atom is 0.342 e. The van der Waals surface area contributed by atoms with E-state index in [4.69, 9.17) is 21.4 Å². The number of nitrogens with zero attached hydrogens (tertiary/aromatic N) is 1. The number of carboxylic acids is 1. The minimum Gasteiger partial charge on any atom is -0.480 e. The lowest BCUT2D eigenvalue weighted by atomic mass is 10.1. The predicted molar refractivity (Wildman–Crippen MR) is 73.0 cm³/mol. The zero-order valence-corrected chi connectivity index (χ0v) is 11.6. The lowest BCUT2D eigenvalue weighted by Crippen LogP contribution is -2.04. The van der Waals surface area contributed by atoms with Gasteiger partial charge in [0.25, 0.3) is 0 Å². The fraction of sp³-hybridized carbons (Fsp3) is 0.0909. The van der Waals surface area contributed by atoms with E-state index >= 15 is 0 Å². The molecule has 0 atom stereocenters. The van der Waals surface area contributed by atoms with Crippen molar-refractivity contribution in [3.05, 3.63) is 32.4 Å². The van der Waals surface area contributed by atoms with Gasteiger partial charge in [-0.1, -0.05) is 11.6 Å². The summed E-state index contributed by atoms with van der Waals surface area (Å²) in [6.07, 6.45) is 0. The van der Waals surface area contributed by atoms with Crippen LogP contribution in [0.2, 0.25) is 5.02 Å². The van der Waals surface area contributed by atoms with Crippen molar-refractivity contribution in [3.8, 4) is 5.88 Å². The second kappa shape index (κ2) is 4.66. The molecular formula is C11H7ClINO3. The summed E-state index contributed by atoms with van der Waals surface area (Å²) in [6, 6.07) is 5.43. The van der Waals surface area contributed by atoms with Gasteiger partial charge in [0.05, 0.1) is 17.6 Å². The van der Waals surface area contributed by atoms with Gasteiger partial charge in [-0.05, 0) is 40.8 Å². The van der Waals surface area contributed by atoms with E-state index in [0.29, 0.717) is 10.9 Å². The molecule has 17 heavy (non-hydrogen) atoms. The van der Waals surface area contributed by atoms with Crippen LogP contribution < -0.4 is 4.74 Å². The average molecular weight is 364 g/mol. The van der Waals surface area contributed by atoms with Crippen molar-refractivity contribution in [2.45, 2.75) is 0 Å². The third kappa shape index (κ3) is 2.16. The topological polar surface area (TPSA) is 59.4 Å². The molecule has 0 aliphatic carbocycles. The number of hydrogen-bond donors (Lipinski definition) is 1. The van der Waals surface area contributed by atoms with Crippen LogP contribution in [0.1, 0.15) is 10.4 Å². The smallest absolute Gasteiger partial charge is 0.342 e. The fourth-order valence-corrected chi connectivity index (χ4v) is 2.31. The molecule has 1 aromatic heterocycles. The minimum atomic E-state index is -1.15. The number of rotatable bonds is 2. The molecule has 2 rings (SSSR count). The predicted octanol–water partition coefficient (Wildman–Crippen LogP) is 3.20. The molecule has 0 fully saturated rings. The van der Waals surface area contributed by atoms with E-state index in [-0.39, 0.29) is 16.5 Å². The van der Waals surface area contributed by atoms with Crippen molar-refractivity contribution in [1.82, 2.24) is 4.98 Å². The van der Waals surface area contributed by atoms with E-state index in [1.54, 1.807) is 12.1 Å². The summed E-state index contributed by atoms with van der Waals surface area (Å²) in [5.74, 6) is -1.13. The van der Waals surface area contributed by atoms with Crippen LogP contribution >= 0.6 is 34.2 Å². The molecule has 0 saturated carbocycles. The number of aromatic carboxylic acids is 1. The van der Waals surface area contributed by atoms with Crippen molar-refractivity contribution >= 4 is 51.1 Å². The number of carboxylic acid groups (broad SMARTS) is 1. The number of fused-ring (bicyclic) bond motifs is 1. The van der Waals surface area contributed by atoms with Crippen LogP contribution in [0.25, 0.3) is 10.9 Å². The van der Waals surface area contributed by atoms with Gasteiger partial charge in [0.2, 0.25) is 5.88 Å². The lowest BCUT2D eigenvalue weighted by molar-refractivity contribution is 0.0693. The Kier molecular flexibility index (Phi) is 3.39. The maximum atomic E-state index is 11.1. The Morgan fingerprint density at radius 3 is 2.82 bits per heavy atom. The molecule has 0 bridgehead atoms. The highest BCUT2D eigenvalue weighted by atomic mass is 127. The molecule has 0 spiro atoms. The van der Waals surface area contributed by atoms with Gasteiger partial charge in [-0.2, -0.15) is 0 Å². The SMILES string of the molecule is COc1nc2ccc(I)cc2c(Cl)c1C(=O)O. The maximum absolute atomic E-state index is 11.1. The third-order valence-electron chi connectivity index (χ3n) is 2.26. The molecule has 2 aromatic rings. The molecule has 0 amide bonds. The van der Waals surface area contributed by atoms with Crippen LogP contribution in [-0.2, 0) is 0 Å². The van der Waals surface area contributed by atoms with E-state index in [9.17, 15) is 4.79 Å². The van der Waals surface area contributed by atoms with E-state index in [0.717, 1.165) is 3.57 Å². The van der Waals surface area contributed by atoms with E-state index < -0.39 is 5.97 Å². The Bertz CT molecular complexity index is 615. The van der Waals surface area contributed by atoms with Crippen molar-refractivity contribution in [1.29, 1.82) is 0 Å². The zero-order valence-electron chi connectivity index (χ0n) is 8.70. The summed E-state index contributed by atoms with van der Waals surface area (Å²) in [5, 5.41) is 9.86. The van der Waals surface area contributed by atoms with Crippen LogP contribution in [0.5, 0.6) is 5.88 Å². The first-order valence-electron chi connectivity index (χ1n) is 4.60. The molecule has 4 nitrogen and oxygen atoms in total. The van der Waals surface area contributed by atoms with Crippen molar-refractivity contribution in [2.75, 3.05) is 7.11 Å². The molecule has 1 aromatic carbocycles. The second-order valence-corrected chi connectivity index (χ2v) is 4.90. The molecule has 0 saturated heterocycles.